The highest BCUT2D eigenvalue weighted by Crippen LogP contribution is 2.14. The molecule has 0 aliphatic carbocycles. The molecule has 0 atom stereocenters. The summed E-state index contributed by atoms with van der Waals surface area (Å²) in [5.41, 5.74) is 0.956. The Labute approximate surface area is 128 Å². The lowest BCUT2D eigenvalue weighted by molar-refractivity contribution is 0.401. The van der Waals surface area contributed by atoms with Crippen molar-refractivity contribution >= 4 is 21.4 Å². The van der Waals surface area contributed by atoms with E-state index in [9.17, 15) is 8.42 Å². The zero-order chi connectivity index (χ0) is 15.3. The van der Waals surface area contributed by atoms with Crippen LogP contribution in [0.5, 0.6) is 0 Å². The number of thiazole rings is 1. The molecule has 0 saturated carbocycles. The highest BCUT2D eigenvalue weighted by molar-refractivity contribution is 7.89. The Hall–Kier alpha value is -1.22. The fourth-order valence-corrected chi connectivity index (χ4v) is 3.48. The summed E-state index contributed by atoms with van der Waals surface area (Å²) in [7, 11) is -3.60. The third-order valence-corrected chi connectivity index (χ3v) is 5.11. The monoisotopic (exact) mass is 329 g/mol. The molecular formula is C13H19N3O3S2. The zero-order valence-corrected chi connectivity index (χ0v) is 13.7. The normalized spacial score (nSPS) is 11.9. The van der Waals surface area contributed by atoms with E-state index in [1.165, 1.54) is 17.4 Å². The minimum absolute atomic E-state index is 0.0503. The van der Waals surface area contributed by atoms with Crippen LogP contribution in [0, 0.1) is 6.92 Å². The Morgan fingerprint density at radius 1 is 1.38 bits per heavy atom. The van der Waals surface area contributed by atoms with Gasteiger partial charge in [-0.15, -0.1) is 11.3 Å². The maximum Gasteiger partial charge on any atom is 0.273 e. The lowest BCUT2D eigenvalue weighted by Gasteiger charge is -2.03. The smallest absolute Gasteiger partial charge is 0.273 e. The van der Waals surface area contributed by atoms with Gasteiger partial charge in [-0.25, -0.2) is 18.1 Å². The predicted molar refractivity (Wildman–Crippen MR) is 81.8 cm³/mol. The van der Waals surface area contributed by atoms with Gasteiger partial charge in [0.25, 0.3) is 10.0 Å². The van der Waals surface area contributed by atoms with E-state index in [1.807, 2.05) is 19.2 Å². The minimum Gasteiger partial charge on any atom is -0.447 e. The van der Waals surface area contributed by atoms with Crippen molar-refractivity contribution in [1.29, 1.82) is 0 Å². The fourth-order valence-electron chi connectivity index (χ4n) is 1.73. The van der Waals surface area contributed by atoms with Crippen LogP contribution in [0.25, 0.3) is 0 Å². The van der Waals surface area contributed by atoms with Gasteiger partial charge >= 0.3 is 0 Å². The van der Waals surface area contributed by atoms with Crippen LogP contribution in [-0.4, -0.2) is 26.5 Å². The molecule has 2 aromatic heterocycles. The average Bonchev–Trinajstić information content (AvgIpc) is 3.06. The van der Waals surface area contributed by atoms with Crippen LogP contribution in [0.1, 0.15) is 23.4 Å². The molecule has 0 aliphatic heterocycles. The molecule has 2 N–H and O–H groups in total. The number of nitrogens with one attached hydrogen (secondary N) is 2. The third-order valence-electron chi connectivity index (χ3n) is 2.75. The van der Waals surface area contributed by atoms with E-state index < -0.39 is 10.0 Å². The van der Waals surface area contributed by atoms with Crippen molar-refractivity contribution in [3.63, 3.8) is 0 Å². The van der Waals surface area contributed by atoms with Crippen LogP contribution in [-0.2, 0) is 23.0 Å². The van der Waals surface area contributed by atoms with Crippen LogP contribution in [0.4, 0.5) is 0 Å². The second kappa shape index (κ2) is 7.17. The van der Waals surface area contributed by atoms with Gasteiger partial charge in [0.1, 0.15) is 5.76 Å². The summed E-state index contributed by atoms with van der Waals surface area (Å²) < 4.78 is 32.0. The molecule has 2 heterocycles. The van der Waals surface area contributed by atoms with Gasteiger partial charge in [0.15, 0.2) is 0 Å². The van der Waals surface area contributed by atoms with E-state index in [0.717, 1.165) is 17.2 Å². The van der Waals surface area contributed by atoms with Gasteiger partial charge in [-0.1, -0.05) is 6.92 Å². The van der Waals surface area contributed by atoms with Crippen molar-refractivity contribution in [2.45, 2.75) is 31.9 Å². The van der Waals surface area contributed by atoms with Gasteiger partial charge in [-0.2, -0.15) is 0 Å². The molecule has 0 unspecified atom stereocenters. The predicted octanol–water partition coefficient (Wildman–Crippen LogP) is 1.68. The second-order valence-corrected chi connectivity index (χ2v) is 7.17. The van der Waals surface area contributed by atoms with Crippen LogP contribution in [0.15, 0.2) is 27.0 Å². The summed E-state index contributed by atoms with van der Waals surface area (Å²) in [5.74, 6) is 0.604. The standard InChI is InChI=1S/C13H19N3O3S2/c1-3-14-8-11-4-5-13(19-11)21(17,18)15-7-6-12-16-10(2)9-20-12/h4-5,9,14-15H,3,6-8H2,1-2H3. The van der Waals surface area contributed by atoms with E-state index >= 15 is 0 Å². The molecule has 0 saturated heterocycles. The summed E-state index contributed by atoms with van der Waals surface area (Å²) in [6, 6.07) is 3.14. The maximum absolute atomic E-state index is 12.1. The average molecular weight is 329 g/mol. The molecule has 6 nitrogen and oxygen atoms in total. The Bertz CT molecular complexity index is 676. The molecule has 116 valence electrons. The van der Waals surface area contributed by atoms with Crippen molar-refractivity contribution in [3.05, 3.63) is 34.0 Å². The summed E-state index contributed by atoms with van der Waals surface area (Å²) in [6.07, 6.45) is 0.572. The first-order valence-electron chi connectivity index (χ1n) is 6.71. The van der Waals surface area contributed by atoms with Crippen molar-refractivity contribution in [2.75, 3.05) is 13.1 Å². The molecule has 2 rings (SSSR count). The third kappa shape index (κ3) is 4.63. The quantitative estimate of drug-likeness (QED) is 0.770. The maximum atomic E-state index is 12.1. The molecule has 0 bridgehead atoms. The van der Waals surface area contributed by atoms with Gasteiger partial charge in [0.05, 0.1) is 11.6 Å². The van der Waals surface area contributed by atoms with E-state index in [4.69, 9.17) is 4.42 Å². The summed E-state index contributed by atoms with van der Waals surface area (Å²) >= 11 is 1.53. The minimum atomic E-state index is -3.60. The Balaban J connectivity index is 1.90. The summed E-state index contributed by atoms with van der Waals surface area (Å²) in [4.78, 5) is 4.29. The van der Waals surface area contributed by atoms with Crippen LogP contribution in [0.3, 0.4) is 0 Å². The first kappa shape index (κ1) is 16.2. The zero-order valence-electron chi connectivity index (χ0n) is 12.0. The molecule has 0 spiro atoms. The molecule has 0 amide bonds. The summed E-state index contributed by atoms with van der Waals surface area (Å²) in [5, 5.41) is 5.90. The first-order valence-corrected chi connectivity index (χ1v) is 9.07. The highest BCUT2D eigenvalue weighted by atomic mass is 32.2. The lowest BCUT2D eigenvalue weighted by atomic mass is 10.4. The van der Waals surface area contributed by atoms with Crippen LogP contribution < -0.4 is 10.0 Å². The van der Waals surface area contributed by atoms with Crippen molar-refractivity contribution in [1.82, 2.24) is 15.0 Å². The first-order chi connectivity index (χ1) is 10.0. The molecule has 21 heavy (non-hydrogen) atoms. The molecule has 0 aromatic carbocycles. The van der Waals surface area contributed by atoms with Gasteiger partial charge < -0.3 is 9.73 Å². The number of sulfonamides is 1. The van der Waals surface area contributed by atoms with Gasteiger partial charge in [0.2, 0.25) is 5.09 Å². The number of aromatic nitrogens is 1. The molecule has 0 fully saturated rings. The van der Waals surface area contributed by atoms with E-state index in [1.54, 1.807) is 6.07 Å². The molecule has 0 radical (unpaired) electrons. The number of nitrogens with zero attached hydrogens (tertiary/aromatic N) is 1. The number of hydrogen-bond donors (Lipinski definition) is 2. The lowest BCUT2D eigenvalue weighted by Crippen LogP contribution is -2.25. The van der Waals surface area contributed by atoms with Gasteiger partial charge in [-0.05, 0) is 25.6 Å². The molecular weight excluding hydrogens is 310 g/mol. The molecule has 2 aromatic rings. The largest absolute Gasteiger partial charge is 0.447 e. The van der Waals surface area contributed by atoms with Crippen molar-refractivity contribution < 1.29 is 12.8 Å². The molecule has 8 heteroatoms. The van der Waals surface area contributed by atoms with E-state index in [2.05, 4.69) is 15.0 Å². The Kier molecular flexibility index (Phi) is 5.51. The van der Waals surface area contributed by atoms with E-state index in [0.29, 0.717) is 25.3 Å². The van der Waals surface area contributed by atoms with Crippen LogP contribution >= 0.6 is 11.3 Å². The number of furan rings is 1. The Morgan fingerprint density at radius 3 is 2.86 bits per heavy atom. The number of hydrogen-bond acceptors (Lipinski definition) is 6. The van der Waals surface area contributed by atoms with Crippen molar-refractivity contribution in [2.24, 2.45) is 0 Å². The fraction of sp³-hybridized carbons (Fsp3) is 0.462. The van der Waals surface area contributed by atoms with Crippen molar-refractivity contribution in [3.8, 4) is 0 Å². The Morgan fingerprint density at radius 2 is 2.19 bits per heavy atom. The SMILES string of the molecule is CCNCc1ccc(S(=O)(=O)NCCc2nc(C)cs2)o1. The summed E-state index contributed by atoms with van der Waals surface area (Å²) in [6.45, 7) is 5.51. The van der Waals surface area contributed by atoms with Gasteiger partial charge in [-0.3, -0.25) is 0 Å². The number of aryl methyl sites for hydroxylation is 1. The van der Waals surface area contributed by atoms with Gasteiger partial charge in [0, 0.05) is 24.0 Å². The van der Waals surface area contributed by atoms with E-state index in [-0.39, 0.29) is 5.09 Å². The second-order valence-electron chi connectivity index (χ2n) is 4.53. The van der Waals surface area contributed by atoms with Crippen LogP contribution in [0.2, 0.25) is 0 Å². The topological polar surface area (TPSA) is 84.2 Å². The molecule has 0 aliphatic rings. The highest BCUT2D eigenvalue weighted by Gasteiger charge is 2.18. The number of rotatable bonds is 8.